The molecule has 1 amide bonds. The standard InChI is InChI=1S/C21H21F3N4O2S2/c1-12-18(32-20(25-12)28-17(29)10-15-7-2-3-8-30-15)16-11-31-19(27-16)26-14-6-4-5-13(9-14)21(22,23)24/h4-6,9,11,15H,2-3,7-8,10H2,1H3,(H,26,27)(H,25,28,29)/t15-/m0/s1. The van der Waals surface area contributed by atoms with Gasteiger partial charge in [0.2, 0.25) is 5.91 Å². The van der Waals surface area contributed by atoms with Crippen LogP contribution in [0.15, 0.2) is 29.6 Å². The summed E-state index contributed by atoms with van der Waals surface area (Å²) >= 11 is 2.59. The maximum absolute atomic E-state index is 12.9. The predicted molar refractivity (Wildman–Crippen MR) is 120 cm³/mol. The van der Waals surface area contributed by atoms with E-state index in [9.17, 15) is 18.0 Å². The second-order valence-electron chi connectivity index (χ2n) is 7.42. The van der Waals surface area contributed by atoms with Crippen LogP contribution in [-0.2, 0) is 15.7 Å². The zero-order valence-electron chi connectivity index (χ0n) is 17.2. The minimum atomic E-state index is -4.41. The van der Waals surface area contributed by atoms with Crippen molar-refractivity contribution in [1.82, 2.24) is 9.97 Å². The zero-order valence-corrected chi connectivity index (χ0v) is 18.8. The molecule has 4 rings (SSSR count). The highest BCUT2D eigenvalue weighted by Gasteiger charge is 2.30. The topological polar surface area (TPSA) is 76.1 Å². The number of rotatable bonds is 6. The first-order valence-corrected chi connectivity index (χ1v) is 11.8. The van der Waals surface area contributed by atoms with Crippen LogP contribution in [0.25, 0.3) is 10.6 Å². The monoisotopic (exact) mass is 482 g/mol. The molecule has 1 aliphatic rings. The number of halogens is 3. The fourth-order valence-corrected chi connectivity index (χ4v) is 5.10. The summed E-state index contributed by atoms with van der Waals surface area (Å²) in [6, 6.07) is 4.97. The summed E-state index contributed by atoms with van der Waals surface area (Å²) in [5.74, 6) is -0.137. The van der Waals surface area contributed by atoms with Gasteiger partial charge in [0.15, 0.2) is 10.3 Å². The summed E-state index contributed by atoms with van der Waals surface area (Å²) in [5, 5.41) is 8.50. The molecule has 170 valence electrons. The number of alkyl halides is 3. The molecule has 0 aliphatic carbocycles. The highest BCUT2D eigenvalue weighted by atomic mass is 32.1. The summed E-state index contributed by atoms with van der Waals surface area (Å²) in [7, 11) is 0. The van der Waals surface area contributed by atoms with Crippen molar-refractivity contribution in [3.05, 3.63) is 40.9 Å². The third-order valence-electron chi connectivity index (χ3n) is 4.91. The number of thiazole rings is 2. The van der Waals surface area contributed by atoms with Crippen molar-refractivity contribution < 1.29 is 22.7 Å². The van der Waals surface area contributed by atoms with Gasteiger partial charge in [-0.2, -0.15) is 13.2 Å². The second kappa shape index (κ2) is 9.55. The number of carbonyl (C=O) groups is 1. The molecule has 11 heteroatoms. The summed E-state index contributed by atoms with van der Waals surface area (Å²) < 4.78 is 44.4. The number of aromatic nitrogens is 2. The normalized spacial score (nSPS) is 16.7. The number of carbonyl (C=O) groups excluding carboxylic acids is 1. The Morgan fingerprint density at radius 3 is 2.84 bits per heavy atom. The van der Waals surface area contributed by atoms with Crippen molar-refractivity contribution in [1.29, 1.82) is 0 Å². The van der Waals surface area contributed by atoms with Crippen molar-refractivity contribution in [2.75, 3.05) is 17.2 Å². The molecule has 1 fully saturated rings. The smallest absolute Gasteiger partial charge is 0.378 e. The van der Waals surface area contributed by atoms with Gasteiger partial charge in [-0.25, -0.2) is 9.97 Å². The highest BCUT2D eigenvalue weighted by molar-refractivity contribution is 7.20. The SMILES string of the molecule is Cc1nc(NC(=O)C[C@@H]2CCCCO2)sc1-c1csc(Nc2cccc(C(F)(F)F)c2)n1. The third-order valence-corrected chi connectivity index (χ3v) is 6.76. The Morgan fingerprint density at radius 2 is 2.09 bits per heavy atom. The average Bonchev–Trinajstić information content (AvgIpc) is 3.34. The van der Waals surface area contributed by atoms with Crippen LogP contribution in [-0.4, -0.2) is 28.6 Å². The van der Waals surface area contributed by atoms with Crippen molar-refractivity contribution in [3.63, 3.8) is 0 Å². The molecule has 2 N–H and O–H groups in total. The van der Waals surface area contributed by atoms with Crippen molar-refractivity contribution in [3.8, 4) is 10.6 Å². The minimum absolute atomic E-state index is 0.0488. The van der Waals surface area contributed by atoms with Gasteiger partial charge in [-0.05, 0) is 44.4 Å². The van der Waals surface area contributed by atoms with Crippen molar-refractivity contribution in [2.24, 2.45) is 0 Å². The number of hydrogen-bond donors (Lipinski definition) is 2. The molecule has 3 heterocycles. The number of ether oxygens (including phenoxy) is 1. The van der Waals surface area contributed by atoms with Crippen LogP contribution < -0.4 is 10.6 Å². The van der Waals surface area contributed by atoms with Crippen LogP contribution >= 0.6 is 22.7 Å². The van der Waals surface area contributed by atoms with Gasteiger partial charge in [0.1, 0.15) is 0 Å². The molecule has 1 atom stereocenters. The predicted octanol–water partition coefficient (Wildman–Crippen LogP) is 6.24. The number of anilines is 3. The molecule has 2 aromatic heterocycles. The van der Waals surface area contributed by atoms with E-state index in [2.05, 4.69) is 20.6 Å². The number of hydrogen-bond acceptors (Lipinski definition) is 7. The van der Waals surface area contributed by atoms with Crippen LogP contribution in [0, 0.1) is 6.92 Å². The zero-order chi connectivity index (χ0) is 22.7. The molecule has 0 spiro atoms. The summed E-state index contributed by atoms with van der Waals surface area (Å²) in [4.78, 5) is 22.0. The van der Waals surface area contributed by atoms with Crippen molar-refractivity contribution in [2.45, 2.75) is 44.9 Å². The van der Waals surface area contributed by atoms with Gasteiger partial charge in [0.25, 0.3) is 0 Å². The second-order valence-corrected chi connectivity index (χ2v) is 9.27. The molecule has 0 bridgehead atoms. The lowest BCUT2D eigenvalue weighted by Gasteiger charge is -2.21. The first kappa shape index (κ1) is 22.7. The molecular formula is C21H21F3N4O2S2. The Hall–Kier alpha value is -2.50. The Labute approximate surface area is 190 Å². The van der Waals surface area contributed by atoms with E-state index in [1.165, 1.54) is 28.7 Å². The Morgan fingerprint density at radius 1 is 1.25 bits per heavy atom. The van der Waals surface area contributed by atoms with Crippen LogP contribution in [0.1, 0.15) is 36.9 Å². The maximum Gasteiger partial charge on any atom is 0.416 e. The maximum atomic E-state index is 12.9. The van der Waals surface area contributed by atoms with E-state index in [0.29, 0.717) is 34.7 Å². The fraction of sp³-hybridized carbons (Fsp3) is 0.381. The number of benzene rings is 1. The molecule has 1 aromatic carbocycles. The molecule has 0 saturated carbocycles. The number of aryl methyl sites for hydroxylation is 1. The Bertz CT molecular complexity index is 1090. The quantitative estimate of drug-likeness (QED) is 0.435. The van der Waals surface area contributed by atoms with Gasteiger partial charge in [-0.3, -0.25) is 4.79 Å². The molecular weight excluding hydrogens is 461 g/mol. The van der Waals surface area contributed by atoms with Gasteiger partial charge in [-0.1, -0.05) is 17.4 Å². The van der Waals surface area contributed by atoms with Crippen LogP contribution in [0.3, 0.4) is 0 Å². The van der Waals surface area contributed by atoms with E-state index in [-0.39, 0.29) is 12.0 Å². The molecule has 3 aromatic rings. The molecule has 32 heavy (non-hydrogen) atoms. The summed E-state index contributed by atoms with van der Waals surface area (Å²) in [6.45, 7) is 2.52. The number of nitrogens with one attached hydrogen (secondary N) is 2. The Kier molecular flexibility index (Phi) is 6.77. The lowest BCUT2D eigenvalue weighted by atomic mass is 10.1. The van der Waals surface area contributed by atoms with E-state index in [4.69, 9.17) is 4.74 Å². The van der Waals surface area contributed by atoms with E-state index in [1.54, 1.807) is 11.4 Å². The van der Waals surface area contributed by atoms with E-state index >= 15 is 0 Å². The Balaban J connectivity index is 1.42. The highest BCUT2D eigenvalue weighted by Crippen LogP contribution is 2.36. The fourth-order valence-electron chi connectivity index (χ4n) is 3.37. The molecule has 0 radical (unpaired) electrons. The van der Waals surface area contributed by atoms with Gasteiger partial charge in [0.05, 0.1) is 34.4 Å². The minimum Gasteiger partial charge on any atom is -0.378 e. The van der Waals surface area contributed by atoms with Crippen LogP contribution in [0.5, 0.6) is 0 Å². The third kappa shape index (κ3) is 5.64. The van der Waals surface area contributed by atoms with E-state index in [0.717, 1.165) is 42.0 Å². The van der Waals surface area contributed by atoms with Gasteiger partial charge in [0, 0.05) is 17.7 Å². The lowest BCUT2D eigenvalue weighted by Crippen LogP contribution is -2.25. The van der Waals surface area contributed by atoms with Gasteiger partial charge < -0.3 is 15.4 Å². The molecule has 1 aliphatic heterocycles. The molecule has 6 nitrogen and oxygen atoms in total. The summed E-state index contributed by atoms with van der Waals surface area (Å²) in [5.41, 5.74) is 0.946. The van der Waals surface area contributed by atoms with Gasteiger partial charge in [-0.15, -0.1) is 11.3 Å². The first-order valence-electron chi connectivity index (χ1n) is 10.1. The molecule has 0 unspecified atom stereocenters. The number of nitrogens with zero attached hydrogens (tertiary/aromatic N) is 2. The molecule has 1 saturated heterocycles. The largest absolute Gasteiger partial charge is 0.416 e. The first-order chi connectivity index (χ1) is 15.3. The van der Waals surface area contributed by atoms with Crippen LogP contribution in [0.2, 0.25) is 0 Å². The lowest BCUT2D eigenvalue weighted by molar-refractivity contribution is -0.137. The van der Waals surface area contributed by atoms with Crippen LogP contribution in [0.4, 0.5) is 29.1 Å². The van der Waals surface area contributed by atoms with E-state index < -0.39 is 11.7 Å². The van der Waals surface area contributed by atoms with E-state index in [1.807, 2.05) is 6.92 Å². The average molecular weight is 483 g/mol. The summed E-state index contributed by atoms with van der Waals surface area (Å²) in [6.07, 6.45) is -1.17. The number of amides is 1. The van der Waals surface area contributed by atoms with Gasteiger partial charge >= 0.3 is 6.18 Å². The van der Waals surface area contributed by atoms with Crippen molar-refractivity contribution >= 4 is 44.5 Å².